The van der Waals surface area contributed by atoms with E-state index in [1.165, 1.54) is 18.2 Å². The molecule has 0 amide bonds. The molecule has 1 aromatic rings. The van der Waals surface area contributed by atoms with Crippen molar-refractivity contribution in [3.63, 3.8) is 0 Å². The lowest BCUT2D eigenvalue weighted by Crippen LogP contribution is -2.26. The lowest BCUT2D eigenvalue weighted by molar-refractivity contribution is -0.385. The van der Waals surface area contributed by atoms with Crippen LogP contribution in [-0.2, 0) is 16.1 Å². The first-order valence-electron chi connectivity index (χ1n) is 8.62. The summed E-state index contributed by atoms with van der Waals surface area (Å²) in [4.78, 5) is 21.2. The maximum atomic E-state index is 10.9. The van der Waals surface area contributed by atoms with Crippen LogP contribution in [0.1, 0.15) is 56.9 Å². The quantitative estimate of drug-likeness (QED) is 0.530. The molecule has 1 aromatic carbocycles. The molecule has 1 N–H and O–H groups in total. The summed E-state index contributed by atoms with van der Waals surface area (Å²) in [7, 11) is 0. The van der Waals surface area contributed by atoms with Crippen LogP contribution in [0.25, 0.3) is 0 Å². The Balaban J connectivity index is 1.61. The van der Waals surface area contributed by atoms with Crippen molar-refractivity contribution in [3.05, 3.63) is 38.9 Å². The van der Waals surface area contributed by atoms with Crippen LogP contribution < -0.4 is 0 Å². The van der Waals surface area contributed by atoms with E-state index in [-0.39, 0.29) is 29.7 Å². The Bertz CT molecular complexity index is 682. The summed E-state index contributed by atoms with van der Waals surface area (Å²) in [6, 6.07) is 4.40. The van der Waals surface area contributed by atoms with Crippen molar-refractivity contribution < 1.29 is 19.6 Å². The average Bonchev–Trinajstić information content (AvgIpc) is 3.10. The molecule has 2 bridgehead atoms. The minimum absolute atomic E-state index is 0.0151. The second-order valence-electron chi connectivity index (χ2n) is 7.43. The monoisotopic (exact) mass is 367 g/mol. The van der Waals surface area contributed by atoms with Crippen molar-refractivity contribution in [3.8, 4) is 0 Å². The topological polar surface area (TPSA) is 89.7 Å². The molecule has 2 saturated carbocycles. The van der Waals surface area contributed by atoms with Crippen LogP contribution in [0.5, 0.6) is 0 Å². The van der Waals surface area contributed by atoms with Crippen LogP contribution in [0.3, 0.4) is 0 Å². The van der Waals surface area contributed by atoms with E-state index in [2.05, 4.69) is 0 Å². The summed E-state index contributed by atoms with van der Waals surface area (Å²) in [6.45, 7) is 0.270. The molecular weight excluding hydrogens is 346 g/mol. The Hall–Kier alpha value is -1.66. The van der Waals surface area contributed by atoms with E-state index in [4.69, 9.17) is 21.4 Å². The summed E-state index contributed by atoms with van der Waals surface area (Å²) >= 11 is 6.15. The minimum Gasteiger partial charge on any atom is -0.481 e. The zero-order chi connectivity index (χ0) is 18.1. The lowest BCUT2D eigenvalue weighted by Gasteiger charge is -2.28. The summed E-state index contributed by atoms with van der Waals surface area (Å²) < 4.78 is 6.21. The number of aliphatic carboxylic acids is 1. The molecule has 0 radical (unpaired) electrons. The van der Waals surface area contributed by atoms with Gasteiger partial charge in [0, 0.05) is 29.1 Å². The number of carboxylic acid groups (broad SMARTS) is 1. The second-order valence-corrected chi connectivity index (χ2v) is 7.84. The second kappa shape index (κ2) is 6.92. The van der Waals surface area contributed by atoms with Gasteiger partial charge in [0.05, 0.1) is 17.1 Å². The predicted octanol–water partition coefficient (Wildman–Crippen LogP) is 4.72. The number of hydrogen-bond acceptors (Lipinski definition) is 4. The Morgan fingerprint density at radius 3 is 2.68 bits per heavy atom. The number of ether oxygens (including phenoxy) is 1. The average molecular weight is 368 g/mol. The van der Waals surface area contributed by atoms with E-state index in [0.717, 1.165) is 38.5 Å². The molecule has 0 spiro atoms. The molecule has 2 aliphatic carbocycles. The molecule has 0 atom stereocenters. The highest BCUT2D eigenvalue weighted by atomic mass is 35.5. The number of carboxylic acids is 1. The highest BCUT2D eigenvalue weighted by Gasteiger charge is 2.54. The van der Waals surface area contributed by atoms with Gasteiger partial charge in [-0.15, -0.1) is 0 Å². The Kier molecular flexibility index (Phi) is 5.02. The molecular formula is C18H22ClNO5. The molecule has 2 aliphatic rings. The number of nitro groups is 1. The van der Waals surface area contributed by atoms with Gasteiger partial charge in [-0.2, -0.15) is 0 Å². The third kappa shape index (κ3) is 3.96. The minimum atomic E-state index is -0.741. The lowest BCUT2D eigenvalue weighted by atomic mass is 9.80. The van der Waals surface area contributed by atoms with Gasteiger partial charge >= 0.3 is 5.97 Å². The van der Waals surface area contributed by atoms with Crippen molar-refractivity contribution in [2.45, 2.75) is 63.6 Å². The van der Waals surface area contributed by atoms with Gasteiger partial charge in [-0.05, 0) is 56.4 Å². The number of halogens is 1. The van der Waals surface area contributed by atoms with E-state index in [0.29, 0.717) is 17.0 Å². The van der Waals surface area contributed by atoms with Crippen LogP contribution in [0.2, 0.25) is 5.02 Å². The zero-order valence-corrected chi connectivity index (χ0v) is 14.8. The SMILES string of the molecule is O=C(O)CCCC12CCC(OCc3cc([N+](=O)[O-])ccc3Cl)(CC1)C2. The first-order chi connectivity index (χ1) is 11.8. The molecule has 6 nitrogen and oxygen atoms in total. The molecule has 0 heterocycles. The first-order valence-corrected chi connectivity index (χ1v) is 9.00. The van der Waals surface area contributed by atoms with Crippen molar-refractivity contribution in [1.82, 2.24) is 0 Å². The van der Waals surface area contributed by atoms with Crippen LogP contribution in [-0.4, -0.2) is 21.6 Å². The predicted molar refractivity (Wildman–Crippen MR) is 92.6 cm³/mol. The normalized spacial score (nSPS) is 27.6. The number of benzene rings is 1. The number of fused-ring (bicyclic) bond motifs is 2. The van der Waals surface area contributed by atoms with Gasteiger partial charge in [0.2, 0.25) is 0 Å². The number of nitro benzene ring substituents is 1. The highest BCUT2D eigenvalue weighted by Crippen LogP contribution is 2.60. The fraction of sp³-hybridized carbons (Fsp3) is 0.611. The highest BCUT2D eigenvalue weighted by molar-refractivity contribution is 6.31. The van der Waals surface area contributed by atoms with Crippen molar-refractivity contribution >= 4 is 23.3 Å². The third-order valence-electron chi connectivity index (χ3n) is 5.79. The number of hydrogen-bond donors (Lipinski definition) is 1. The van der Waals surface area contributed by atoms with Crippen molar-refractivity contribution in [1.29, 1.82) is 0 Å². The van der Waals surface area contributed by atoms with Crippen LogP contribution in [0, 0.1) is 15.5 Å². The van der Waals surface area contributed by atoms with Crippen LogP contribution in [0.15, 0.2) is 18.2 Å². The molecule has 25 heavy (non-hydrogen) atoms. The standard InChI is InChI=1S/C18H22ClNO5/c19-15-4-3-14(20(23)24)10-13(15)11-25-18-8-6-17(12-18,7-9-18)5-1-2-16(21)22/h3-4,10H,1-2,5-9,11-12H2,(H,21,22). The van der Waals surface area contributed by atoms with Gasteiger partial charge in [0.25, 0.3) is 5.69 Å². The number of nitrogens with zero attached hydrogens (tertiary/aromatic N) is 1. The van der Waals surface area contributed by atoms with Gasteiger partial charge in [0.15, 0.2) is 0 Å². The number of rotatable bonds is 8. The Morgan fingerprint density at radius 2 is 2.04 bits per heavy atom. The van der Waals surface area contributed by atoms with E-state index in [1.54, 1.807) is 0 Å². The van der Waals surface area contributed by atoms with Crippen LogP contribution >= 0.6 is 11.6 Å². The van der Waals surface area contributed by atoms with Crippen LogP contribution in [0.4, 0.5) is 5.69 Å². The van der Waals surface area contributed by atoms with E-state index in [9.17, 15) is 14.9 Å². The summed E-state index contributed by atoms with van der Waals surface area (Å²) in [5.41, 5.74) is 0.681. The van der Waals surface area contributed by atoms with E-state index < -0.39 is 10.9 Å². The van der Waals surface area contributed by atoms with E-state index >= 15 is 0 Å². The van der Waals surface area contributed by atoms with Gasteiger partial charge in [-0.1, -0.05) is 11.6 Å². The smallest absolute Gasteiger partial charge is 0.303 e. The molecule has 2 fully saturated rings. The van der Waals surface area contributed by atoms with Gasteiger partial charge < -0.3 is 9.84 Å². The number of non-ortho nitro benzene ring substituents is 1. The Labute approximate surface area is 151 Å². The van der Waals surface area contributed by atoms with Gasteiger partial charge in [-0.3, -0.25) is 14.9 Å². The molecule has 7 heteroatoms. The maximum Gasteiger partial charge on any atom is 0.303 e. The zero-order valence-electron chi connectivity index (χ0n) is 14.0. The summed E-state index contributed by atoms with van der Waals surface area (Å²) in [6.07, 6.45) is 6.87. The summed E-state index contributed by atoms with van der Waals surface area (Å²) in [5.74, 6) is -0.741. The van der Waals surface area contributed by atoms with Crippen molar-refractivity contribution in [2.24, 2.45) is 5.41 Å². The molecule has 0 saturated heterocycles. The molecule has 0 aliphatic heterocycles. The Morgan fingerprint density at radius 1 is 1.32 bits per heavy atom. The molecule has 136 valence electrons. The largest absolute Gasteiger partial charge is 0.481 e. The molecule has 3 rings (SSSR count). The summed E-state index contributed by atoms with van der Waals surface area (Å²) in [5, 5.41) is 20.2. The fourth-order valence-corrected chi connectivity index (χ4v) is 4.61. The molecule has 0 aromatic heterocycles. The van der Waals surface area contributed by atoms with E-state index in [1.807, 2.05) is 0 Å². The van der Waals surface area contributed by atoms with Gasteiger partial charge in [0.1, 0.15) is 0 Å². The van der Waals surface area contributed by atoms with Gasteiger partial charge in [-0.25, -0.2) is 0 Å². The maximum absolute atomic E-state index is 10.9. The number of carbonyl (C=O) groups is 1. The van der Waals surface area contributed by atoms with Crippen molar-refractivity contribution in [2.75, 3.05) is 0 Å². The fourth-order valence-electron chi connectivity index (χ4n) is 4.44. The third-order valence-corrected chi connectivity index (χ3v) is 6.16. The first kappa shape index (κ1) is 18.1. The molecule has 0 unspecified atom stereocenters.